The molecule has 0 atom stereocenters. The third-order valence-corrected chi connectivity index (χ3v) is 4.05. The Morgan fingerprint density at radius 1 is 1.03 bits per heavy atom. The van der Waals surface area contributed by atoms with Gasteiger partial charge in [0, 0.05) is 18.0 Å². The number of hydrazone groups is 1. The third-order valence-electron chi connectivity index (χ3n) is 3.72. The summed E-state index contributed by atoms with van der Waals surface area (Å²) in [4.78, 5) is 27.7. The summed E-state index contributed by atoms with van der Waals surface area (Å²) in [6.45, 7) is -0.152. The van der Waals surface area contributed by atoms with Crippen LogP contribution in [0, 0.1) is 0 Å². The zero-order valence-electron chi connectivity index (χ0n) is 15.2. The molecule has 7 nitrogen and oxygen atoms in total. The number of nitrogens with one attached hydrogen (secondary N) is 2. The lowest BCUT2D eigenvalue weighted by molar-refractivity contribution is -0.118. The number of aromatic nitrogens is 1. The fourth-order valence-electron chi connectivity index (χ4n) is 2.28. The summed E-state index contributed by atoms with van der Waals surface area (Å²) in [6.07, 6.45) is 4.57. The molecule has 1 aromatic heterocycles. The molecule has 1 heterocycles. The molecule has 8 heteroatoms. The van der Waals surface area contributed by atoms with Gasteiger partial charge in [0.1, 0.15) is 5.75 Å². The lowest BCUT2D eigenvalue weighted by Gasteiger charge is -2.08. The normalized spacial score (nSPS) is 10.5. The monoisotopic (exact) mass is 408 g/mol. The first kappa shape index (κ1) is 20.0. The Hall–Kier alpha value is -3.71. The summed E-state index contributed by atoms with van der Waals surface area (Å²) in [5.74, 6) is -0.118. The fourth-order valence-corrected chi connectivity index (χ4v) is 2.46. The molecule has 3 aromatic rings. The number of hydrogen-bond acceptors (Lipinski definition) is 5. The van der Waals surface area contributed by atoms with Crippen LogP contribution in [0.25, 0.3) is 0 Å². The highest BCUT2D eigenvalue weighted by atomic mass is 35.5. The molecule has 0 aliphatic rings. The number of benzene rings is 2. The Balaban J connectivity index is 1.46. The summed E-state index contributed by atoms with van der Waals surface area (Å²) >= 11 is 6.00. The smallest absolute Gasteiger partial charge is 0.271 e. The number of rotatable bonds is 7. The van der Waals surface area contributed by atoms with Crippen LogP contribution in [0.2, 0.25) is 5.02 Å². The Labute approximate surface area is 172 Å². The van der Waals surface area contributed by atoms with Crippen LogP contribution in [0.4, 0.5) is 5.69 Å². The zero-order valence-corrected chi connectivity index (χ0v) is 16.0. The predicted molar refractivity (Wildman–Crippen MR) is 111 cm³/mol. The second-order valence-corrected chi connectivity index (χ2v) is 6.23. The number of ether oxygens (including phenoxy) is 1. The van der Waals surface area contributed by atoms with E-state index in [0.717, 1.165) is 5.56 Å². The summed E-state index contributed by atoms with van der Waals surface area (Å²) in [5, 5.41) is 7.06. The number of amides is 2. The number of para-hydroxylation sites is 1. The van der Waals surface area contributed by atoms with Crippen molar-refractivity contribution in [2.75, 3.05) is 11.9 Å². The van der Waals surface area contributed by atoms with Crippen LogP contribution in [0.5, 0.6) is 5.75 Å². The first-order valence-corrected chi connectivity index (χ1v) is 9.00. The van der Waals surface area contributed by atoms with Crippen molar-refractivity contribution in [3.05, 3.63) is 89.2 Å². The van der Waals surface area contributed by atoms with E-state index in [1.165, 1.54) is 18.6 Å². The second kappa shape index (κ2) is 10.0. The number of pyridine rings is 1. The highest BCUT2D eigenvalue weighted by molar-refractivity contribution is 6.33. The molecule has 0 saturated heterocycles. The van der Waals surface area contributed by atoms with E-state index in [9.17, 15) is 9.59 Å². The van der Waals surface area contributed by atoms with Crippen molar-refractivity contribution in [2.24, 2.45) is 5.10 Å². The molecule has 146 valence electrons. The van der Waals surface area contributed by atoms with Crippen molar-refractivity contribution in [1.82, 2.24) is 10.4 Å². The predicted octanol–water partition coefficient (Wildman–Crippen LogP) is 3.52. The van der Waals surface area contributed by atoms with Gasteiger partial charge in [-0.2, -0.15) is 5.10 Å². The minimum Gasteiger partial charge on any atom is -0.484 e. The number of nitrogens with zero attached hydrogens (tertiary/aromatic N) is 2. The minimum absolute atomic E-state index is 0.152. The highest BCUT2D eigenvalue weighted by Gasteiger charge is 2.06. The summed E-state index contributed by atoms with van der Waals surface area (Å²) < 4.78 is 5.46. The van der Waals surface area contributed by atoms with Crippen molar-refractivity contribution in [3.63, 3.8) is 0 Å². The Bertz CT molecular complexity index is 1010. The lowest BCUT2D eigenvalue weighted by Crippen LogP contribution is -2.20. The van der Waals surface area contributed by atoms with Gasteiger partial charge in [-0.25, -0.2) is 5.43 Å². The maximum Gasteiger partial charge on any atom is 0.271 e. The first-order chi connectivity index (χ1) is 14.1. The van der Waals surface area contributed by atoms with E-state index in [4.69, 9.17) is 16.3 Å². The molecule has 2 N–H and O–H groups in total. The van der Waals surface area contributed by atoms with Crippen molar-refractivity contribution in [1.29, 1.82) is 0 Å². The van der Waals surface area contributed by atoms with Crippen LogP contribution in [0.3, 0.4) is 0 Å². The average Bonchev–Trinajstić information content (AvgIpc) is 2.75. The maximum atomic E-state index is 12.0. The number of carbonyl (C=O) groups excluding carboxylic acids is 2. The Kier molecular flexibility index (Phi) is 6.91. The maximum absolute atomic E-state index is 12.0. The van der Waals surface area contributed by atoms with Gasteiger partial charge in [0.05, 0.1) is 16.9 Å². The van der Waals surface area contributed by atoms with Gasteiger partial charge in [-0.3, -0.25) is 14.6 Å². The van der Waals surface area contributed by atoms with Gasteiger partial charge >= 0.3 is 0 Å². The van der Waals surface area contributed by atoms with Gasteiger partial charge < -0.3 is 10.1 Å². The standard InChI is InChI=1S/C21H17ClN4O3/c22-18-3-1-2-4-19(18)25-20(27)14-29-17-7-5-15(6-8-17)13-24-26-21(28)16-9-11-23-12-10-16/h1-13H,14H2,(H,25,27)(H,26,28)/b24-13+. The topological polar surface area (TPSA) is 92.7 Å². The van der Waals surface area contributed by atoms with Crippen molar-refractivity contribution < 1.29 is 14.3 Å². The highest BCUT2D eigenvalue weighted by Crippen LogP contribution is 2.20. The average molecular weight is 409 g/mol. The molecule has 3 rings (SSSR count). The van der Waals surface area contributed by atoms with Crippen molar-refractivity contribution >= 4 is 35.3 Å². The number of carbonyl (C=O) groups is 2. The minimum atomic E-state index is -0.326. The molecule has 0 saturated carbocycles. The quantitative estimate of drug-likeness (QED) is 0.462. The van der Waals surface area contributed by atoms with Crippen molar-refractivity contribution in [2.45, 2.75) is 0 Å². The van der Waals surface area contributed by atoms with E-state index < -0.39 is 0 Å². The third kappa shape index (κ3) is 6.15. The molecule has 0 fully saturated rings. The number of halogens is 1. The van der Waals surface area contributed by atoms with Crippen LogP contribution in [0.15, 0.2) is 78.2 Å². The van der Waals surface area contributed by atoms with Crippen LogP contribution in [-0.4, -0.2) is 29.6 Å². The van der Waals surface area contributed by atoms with Gasteiger partial charge in [0.15, 0.2) is 6.61 Å². The molecule has 0 unspecified atom stereocenters. The van der Waals surface area contributed by atoms with Crippen LogP contribution in [0.1, 0.15) is 15.9 Å². The van der Waals surface area contributed by atoms with Crippen LogP contribution in [-0.2, 0) is 4.79 Å². The summed E-state index contributed by atoms with van der Waals surface area (Å²) in [5.41, 5.74) is 4.19. The molecular formula is C21H17ClN4O3. The molecule has 2 aromatic carbocycles. The molecule has 0 bridgehead atoms. The van der Waals surface area contributed by atoms with E-state index in [2.05, 4.69) is 20.8 Å². The van der Waals surface area contributed by atoms with Gasteiger partial charge in [-0.1, -0.05) is 23.7 Å². The molecule has 29 heavy (non-hydrogen) atoms. The van der Waals surface area contributed by atoms with E-state index >= 15 is 0 Å². The van der Waals surface area contributed by atoms with E-state index in [1.807, 2.05) is 0 Å². The van der Waals surface area contributed by atoms with E-state index in [1.54, 1.807) is 60.7 Å². The van der Waals surface area contributed by atoms with E-state index in [-0.39, 0.29) is 18.4 Å². The molecular weight excluding hydrogens is 392 g/mol. The van der Waals surface area contributed by atoms with Crippen molar-refractivity contribution in [3.8, 4) is 5.75 Å². The van der Waals surface area contributed by atoms with Gasteiger partial charge in [0.25, 0.3) is 11.8 Å². The molecule has 0 radical (unpaired) electrons. The molecule has 0 aliphatic heterocycles. The second-order valence-electron chi connectivity index (χ2n) is 5.82. The van der Waals surface area contributed by atoms with E-state index in [0.29, 0.717) is 22.0 Å². The SMILES string of the molecule is O=C(COc1ccc(/C=N/NC(=O)c2ccncc2)cc1)Nc1ccccc1Cl. The van der Waals surface area contributed by atoms with Gasteiger partial charge in [-0.15, -0.1) is 0 Å². The largest absolute Gasteiger partial charge is 0.484 e. The fraction of sp³-hybridized carbons (Fsp3) is 0.0476. The van der Waals surface area contributed by atoms with Gasteiger partial charge in [0.2, 0.25) is 0 Å². The lowest BCUT2D eigenvalue weighted by atomic mass is 10.2. The van der Waals surface area contributed by atoms with Gasteiger partial charge in [-0.05, 0) is 54.1 Å². The number of anilines is 1. The number of hydrogen-bond donors (Lipinski definition) is 2. The summed E-state index contributed by atoms with van der Waals surface area (Å²) in [7, 11) is 0. The van der Waals surface area contributed by atoms with Crippen LogP contribution >= 0.6 is 11.6 Å². The molecule has 0 spiro atoms. The van der Waals surface area contributed by atoms with Crippen LogP contribution < -0.4 is 15.5 Å². The summed E-state index contributed by atoms with van der Waals surface area (Å²) in [6, 6.07) is 17.1. The first-order valence-electron chi connectivity index (χ1n) is 8.62. The Morgan fingerprint density at radius 3 is 2.48 bits per heavy atom. The zero-order chi connectivity index (χ0) is 20.5. The molecule has 2 amide bonds. The molecule has 0 aliphatic carbocycles. The Morgan fingerprint density at radius 2 is 1.76 bits per heavy atom.